The number of halogens is 3. The van der Waals surface area contributed by atoms with E-state index in [0.717, 1.165) is 36.8 Å². The molecular formula is C25H23ClF2N8O. The molecule has 1 aromatic heterocycles. The molecule has 9 nitrogen and oxygen atoms in total. The summed E-state index contributed by atoms with van der Waals surface area (Å²) in [4.78, 5) is 33.8. The number of piperazine rings is 1. The molecule has 0 spiro atoms. The molecule has 0 radical (unpaired) electrons. The topological polar surface area (TPSA) is 80.2 Å². The smallest absolute Gasteiger partial charge is 0.270 e. The number of nitrogens with one attached hydrogen (secondary N) is 1. The fraction of sp³-hybridized carbons (Fsp3) is 0.280. The van der Waals surface area contributed by atoms with E-state index >= 15 is 4.39 Å². The fourth-order valence-corrected chi connectivity index (χ4v) is 4.97. The molecule has 12 heteroatoms. The Bertz CT molecular complexity index is 1410. The van der Waals surface area contributed by atoms with Gasteiger partial charge in [-0.3, -0.25) is 14.7 Å². The number of hydrogen-bond acceptors (Lipinski definition) is 8. The molecule has 0 unspecified atom stereocenters. The van der Waals surface area contributed by atoms with Crippen LogP contribution in [0.3, 0.4) is 0 Å². The molecule has 37 heavy (non-hydrogen) atoms. The number of carbonyl (C=O) groups excluding carboxylic acids is 1. The van der Waals surface area contributed by atoms with Crippen molar-refractivity contribution in [3.8, 4) is 0 Å². The Morgan fingerprint density at radius 2 is 1.84 bits per heavy atom. The number of guanidine groups is 1. The summed E-state index contributed by atoms with van der Waals surface area (Å²) in [5, 5.41) is 3.00. The number of anilines is 5. The first kappa shape index (κ1) is 23.6. The Balaban J connectivity index is 1.29. The van der Waals surface area contributed by atoms with Crippen LogP contribution in [0.15, 0.2) is 47.6 Å². The van der Waals surface area contributed by atoms with Crippen LogP contribution in [0.1, 0.15) is 10.4 Å². The molecule has 1 amide bonds. The second-order valence-electron chi connectivity index (χ2n) is 9.05. The second kappa shape index (κ2) is 9.24. The Kier molecular flexibility index (Phi) is 5.88. The Morgan fingerprint density at radius 3 is 2.59 bits per heavy atom. The van der Waals surface area contributed by atoms with Crippen LogP contribution in [-0.2, 0) is 0 Å². The van der Waals surface area contributed by atoms with E-state index in [2.05, 4.69) is 37.1 Å². The van der Waals surface area contributed by atoms with E-state index in [0.29, 0.717) is 18.9 Å². The van der Waals surface area contributed by atoms with Crippen molar-refractivity contribution in [1.82, 2.24) is 14.9 Å². The van der Waals surface area contributed by atoms with E-state index < -0.39 is 17.5 Å². The molecule has 0 atom stereocenters. The number of hydrogen-bond donors (Lipinski definition) is 1. The summed E-state index contributed by atoms with van der Waals surface area (Å²) in [5.74, 6) is -0.950. The number of aliphatic imine (C=N–C) groups is 1. The van der Waals surface area contributed by atoms with E-state index in [1.54, 1.807) is 11.0 Å². The van der Waals surface area contributed by atoms with Gasteiger partial charge in [-0.15, -0.1) is 0 Å². The van der Waals surface area contributed by atoms with Gasteiger partial charge in [0, 0.05) is 44.6 Å². The van der Waals surface area contributed by atoms with Crippen molar-refractivity contribution >= 4 is 52.3 Å². The lowest BCUT2D eigenvalue weighted by Crippen LogP contribution is -2.51. The lowest BCUT2D eigenvalue weighted by atomic mass is 10.1. The third kappa shape index (κ3) is 4.13. The highest BCUT2D eigenvalue weighted by molar-refractivity contribution is 6.38. The van der Waals surface area contributed by atoms with Crippen LogP contribution in [0, 0.1) is 11.6 Å². The molecule has 0 aliphatic carbocycles. The zero-order valence-corrected chi connectivity index (χ0v) is 20.7. The third-order valence-electron chi connectivity index (χ3n) is 6.70. The molecule has 6 rings (SSSR count). The molecule has 0 bridgehead atoms. The quantitative estimate of drug-likeness (QED) is 0.557. The van der Waals surface area contributed by atoms with E-state index in [-0.39, 0.29) is 33.9 Å². The molecule has 0 saturated carbocycles. The van der Waals surface area contributed by atoms with Crippen molar-refractivity contribution in [2.24, 2.45) is 4.99 Å². The molecular weight excluding hydrogens is 502 g/mol. The van der Waals surface area contributed by atoms with Crippen molar-refractivity contribution in [3.63, 3.8) is 0 Å². The molecule has 3 aliphatic heterocycles. The lowest BCUT2D eigenvalue weighted by Gasteiger charge is -2.35. The normalized spacial score (nSPS) is 17.6. The standard InChI is InChI=1S/C25H23ClF2N8O/c1-33-9-11-34(12-10-33)15-5-6-20(19(28)13-15)31-24-30-14-16-22(32-24)35-8-7-29-25(35)36(23(16)37)21-17(26)3-2-4-18(21)27/h2-6,13-14H,7-12H2,1H3,(H,30,31,32). The number of benzene rings is 2. The SMILES string of the molecule is CN1CCN(c2ccc(Nc3ncc4c(n3)N3CCN=C3N(c3c(F)cccc3Cl)C4=O)c(F)c2)CC1. The lowest BCUT2D eigenvalue weighted by molar-refractivity contribution is 0.0999. The molecule has 1 saturated heterocycles. The third-order valence-corrected chi connectivity index (χ3v) is 7.01. The number of para-hydroxylation sites is 1. The monoisotopic (exact) mass is 524 g/mol. The Morgan fingerprint density at radius 1 is 1.03 bits per heavy atom. The molecule has 1 fully saturated rings. The summed E-state index contributed by atoms with van der Waals surface area (Å²) in [6.07, 6.45) is 1.35. The summed E-state index contributed by atoms with van der Waals surface area (Å²) in [6, 6.07) is 9.22. The minimum absolute atomic E-state index is 0.0739. The zero-order chi connectivity index (χ0) is 25.7. The summed E-state index contributed by atoms with van der Waals surface area (Å²) in [5.41, 5.74) is 1.12. The van der Waals surface area contributed by atoms with Crippen LogP contribution in [0.4, 0.5) is 37.6 Å². The van der Waals surface area contributed by atoms with E-state index in [1.807, 2.05) is 6.07 Å². The summed E-state index contributed by atoms with van der Waals surface area (Å²) in [7, 11) is 2.07. The van der Waals surface area contributed by atoms with E-state index in [1.165, 1.54) is 30.5 Å². The van der Waals surface area contributed by atoms with Crippen LogP contribution in [-0.4, -0.2) is 73.1 Å². The highest BCUT2D eigenvalue weighted by Crippen LogP contribution is 2.37. The molecule has 2 aromatic carbocycles. The number of aromatic nitrogens is 2. The van der Waals surface area contributed by atoms with Crippen molar-refractivity contribution in [2.75, 3.05) is 66.3 Å². The Hall–Kier alpha value is -3.83. The van der Waals surface area contributed by atoms with Gasteiger partial charge in [0.2, 0.25) is 11.9 Å². The molecule has 3 aromatic rings. The van der Waals surface area contributed by atoms with Crippen LogP contribution in [0.5, 0.6) is 0 Å². The van der Waals surface area contributed by atoms with Crippen molar-refractivity contribution in [1.29, 1.82) is 0 Å². The minimum atomic E-state index is -0.645. The van der Waals surface area contributed by atoms with Crippen LogP contribution in [0.25, 0.3) is 0 Å². The first-order chi connectivity index (χ1) is 17.9. The first-order valence-corrected chi connectivity index (χ1v) is 12.3. The van der Waals surface area contributed by atoms with Gasteiger partial charge in [-0.25, -0.2) is 18.7 Å². The summed E-state index contributed by atoms with van der Waals surface area (Å²) in [6.45, 7) is 4.33. The number of rotatable bonds is 4. The average molecular weight is 525 g/mol. The van der Waals surface area contributed by atoms with Gasteiger partial charge in [-0.1, -0.05) is 17.7 Å². The van der Waals surface area contributed by atoms with Gasteiger partial charge >= 0.3 is 0 Å². The highest BCUT2D eigenvalue weighted by Gasteiger charge is 2.41. The summed E-state index contributed by atoms with van der Waals surface area (Å²) >= 11 is 6.25. The van der Waals surface area contributed by atoms with Gasteiger partial charge in [-0.05, 0) is 37.4 Å². The average Bonchev–Trinajstić information content (AvgIpc) is 3.37. The molecule has 3 aliphatic rings. The maximum absolute atomic E-state index is 15.0. The molecule has 1 N–H and O–H groups in total. The second-order valence-corrected chi connectivity index (χ2v) is 9.46. The number of amides is 1. The van der Waals surface area contributed by atoms with Gasteiger partial charge in [0.05, 0.1) is 17.3 Å². The zero-order valence-electron chi connectivity index (χ0n) is 20.0. The van der Waals surface area contributed by atoms with Gasteiger partial charge in [0.15, 0.2) is 5.82 Å². The maximum Gasteiger partial charge on any atom is 0.270 e. The predicted octanol–water partition coefficient (Wildman–Crippen LogP) is 3.74. The van der Waals surface area contributed by atoms with Gasteiger partial charge in [-0.2, -0.15) is 4.98 Å². The molecule has 4 heterocycles. The van der Waals surface area contributed by atoms with Crippen LogP contribution in [0.2, 0.25) is 5.02 Å². The van der Waals surface area contributed by atoms with Crippen LogP contribution < -0.4 is 20.0 Å². The van der Waals surface area contributed by atoms with E-state index in [9.17, 15) is 9.18 Å². The fourth-order valence-electron chi connectivity index (χ4n) is 4.72. The van der Waals surface area contributed by atoms with E-state index in [4.69, 9.17) is 11.6 Å². The largest absolute Gasteiger partial charge is 0.369 e. The number of likely N-dealkylation sites (N-methyl/N-ethyl adjacent to an activating group) is 1. The number of carbonyl (C=O) groups is 1. The van der Waals surface area contributed by atoms with Gasteiger partial charge in [0.25, 0.3) is 5.91 Å². The predicted molar refractivity (Wildman–Crippen MR) is 139 cm³/mol. The number of nitrogens with zero attached hydrogens (tertiary/aromatic N) is 7. The van der Waals surface area contributed by atoms with Crippen molar-refractivity contribution in [2.45, 2.75) is 0 Å². The minimum Gasteiger partial charge on any atom is -0.369 e. The first-order valence-electron chi connectivity index (χ1n) is 11.9. The Labute approximate surface area is 217 Å². The highest BCUT2D eigenvalue weighted by atomic mass is 35.5. The van der Waals surface area contributed by atoms with Crippen molar-refractivity contribution < 1.29 is 13.6 Å². The van der Waals surface area contributed by atoms with Gasteiger partial charge < -0.3 is 15.1 Å². The van der Waals surface area contributed by atoms with Crippen LogP contribution >= 0.6 is 11.6 Å². The number of fused-ring (bicyclic) bond motifs is 3. The molecule has 190 valence electrons. The van der Waals surface area contributed by atoms with Gasteiger partial charge in [0.1, 0.15) is 22.9 Å². The maximum atomic E-state index is 15.0. The van der Waals surface area contributed by atoms with Crippen molar-refractivity contribution in [3.05, 3.63) is 64.8 Å². The summed E-state index contributed by atoms with van der Waals surface area (Å²) < 4.78 is 29.7.